The van der Waals surface area contributed by atoms with Crippen molar-refractivity contribution in [3.63, 3.8) is 0 Å². The molecular weight excluding hydrogens is 446 g/mol. The fourth-order valence-corrected chi connectivity index (χ4v) is 5.08. The molecule has 0 bridgehead atoms. The quantitative estimate of drug-likeness (QED) is 0.564. The van der Waals surface area contributed by atoms with Gasteiger partial charge in [-0.1, -0.05) is 26.0 Å². The van der Waals surface area contributed by atoms with Crippen LogP contribution < -0.4 is 18.9 Å². The van der Waals surface area contributed by atoms with E-state index in [1.807, 2.05) is 20.0 Å². The molecule has 33 heavy (non-hydrogen) atoms. The lowest BCUT2D eigenvalue weighted by molar-refractivity contribution is 0.0981. The molecule has 9 nitrogen and oxygen atoms in total. The largest absolute Gasteiger partial charge is 0.496 e. The van der Waals surface area contributed by atoms with E-state index < -0.39 is 15.9 Å². The van der Waals surface area contributed by atoms with Crippen LogP contribution >= 0.6 is 0 Å². The Morgan fingerprint density at radius 3 is 2.61 bits per heavy atom. The Morgan fingerprint density at radius 2 is 1.94 bits per heavy atom. The van der Waals surface area contributed by atoms with Gasteiger partial charge in [0, 0.05) is 34.5 Å². The zero-order valence-corrected chi connectivity index (χ0v) is 19.6. The molecule has 174 valence electrons. The molecule has 0 radical (unpaired) electrons. The van der Waals surface area contributed by atoms with Gasteiger partial charge in [-0.3, -0.25) is 9.48 Å². The minimum Gasteiger partial charge on any atom is -0.496 e. The molecule has 4 rings (SSSR count). The summed E-state index contributed by atoms with van der Waals surface area (Å²) >= 11 is 0. The third kappa shape index (κ3) is 4.25. The van der Waals surface area contributed by atoms with Gasteiger partial charge in [-0.25, -0.2) is 13.1 Å². The molecule has 0 aliphatic carbocycles. The fraction of sp³-hybridized carbons (Fsp3) is 0.304. The number of nitrogens with zero attached hydrogens (tertiary/aromatic N) is 2. The van der Waals surface area contributed by atoms with E-state index in [0.717, 1.165) is 11.1 Å². The van der Waals surface area contributed by atoms with E-state index in [1.165, 1.54) is 20.3 Å². The van der Waals surface area contributed by atoms with Crippen LogP contribution in [-0.4, -0.2) is 44.9 Å². The molecule has 2 heterocycles. The summed E-state index contributed by atoms with van der Waals surface area (Å²) in [5.41, 5.74) is 1.29. The number of amides is 1. The summed E-state index contributed by atoms with van der Waals surface area (Å²) in [7, 11) is -1.45. The first kappa shape index (κ1) is 22.7. The SMILES string of the molecule is COc1cc(C(=O)NS(=O)(=O)c2c(OC)ccc3c2OCC3(C)C)ccc1Cn1cccn1. The Kier molecular flexibility index (Phi) is 5.79. The van der Waals surface area contributed by atoms with E-state index in [-0.39, 0.29) is 27.4 Å². The molecular formula is C23H25N3O6S. The number of aromatic nitrogens is 2. The van der Waals surface area contributed by atoms with Crippen LogP contribution in [0.15, 0.2) is 53.7 Å². The van der Waals surface area contributed by atoms with E-state index in [4.69, 9.17) is 14.2 Å². The van der Waals surface area contributed by atoms with E-state index in [1.54, 1.807) is 41.2 Å². The molecule has 0 spiro atoms. The van der Waals surface area contributed by atoms with Crippen molar-refractivity contribution in [2.24, 2.45) is 0 Å². The van der Waals surface area contributed by atoms with Crippen molar-refractivity contribution < 1.29 is 27.4 Å². The van der Waals surface area contributed by atoms with Gasteiger partial charge in [0.25, 0.3) is 15.9 Å². The number of benzene rings is 2. The normalized spacial score (nSPS) is 14.3. The van der Waals surface area contributed by atoms with Gasteiger partial charge in [0.1, 0.15) is 17.2 Å². The van der Waals surface area contributed by atoms with Crippen molar-refractivity contribution in [2.75, 3.05) is 20.8 Å². The zero-order valence-electron chi connectivity index (χ0n) is 18.8. The van der Waals surface area contributed by atoms with Gasteiger partial charge in [0.05, 0.1) is 27.4 Å². The number of ether oxygens (including phenoxy) is 3. The van der Waals surface area contributed by atoms with Crippen LogP contribution in [0.5, 0.6) is 17.2 Å². The highest BCUT2D eigenvalue weighted by atomic mass is 32.2. The summed E-state index contributed by atoms with van der Waals surface area (Å²) in [6.45, 7) is 4.67. The monoisotopic (exact) mass is 471 g/mol. The Hall–Kier alpha value is -3.53. The predicted molar refractivity (Wildman–Crippen MR) is 120 cm³/mol. The summed E-state index contributed by atoms with van der Waals surface area (Å²) in [4.78, 5) is 12.7. The number of carbonyl (C=O) groups is 1. The number of fused-ring (bicyclic) bond motifs is 1. The van der Waals surface area contributed by atoms with Crippen molar-refractivity contribution in [3.8, 4) is 17.2 Å². The molecule has 1 amide bonds. The number of sulfonamides is 1. The Labute approximate surface area is 192 Å². The molecule has 1 N–H and O–H groups in total. The van der Waals surface area contributed by atoms with Gasteiger partial charge < -0.3 is 14.2 Å². The summed E-state index contributed by atoms with van der Waals surface area (Å²) < 4.78 is 46.8. The van der Waals surface area contributed by atoms with Crippen LogP contribution in [0.2, 0.25) is 0 Å². The topological polar surface area (TPSA) is 109 Å². The molecule has 1 aliphatic rings. The third-order valence-corrected chi connectivity index (χ3v) is 6.92. The van der Waals surface area contributed by atoms with E-state index in [2.05, 4.69) is 9.82 Å². The lowest BCUT2D eigenvalue weighted by atomic mass is 9.87. The van der Waals surface area contributed by atoms with Gasteiger partial charge in [-0.2, -0.15) is 5.10 Å². The van der Waals surface area contributed by atoms with E-state index >= 15 is 0 Å². The van der Waals surface area contributed by atoms with Crippen LogP contribution in [0, 0.1) is 0 Å². The minimum absolute atomic E-state index is 0.0962. The highest BCUT2D eigenvalue weighted by molar-refractivity contribution is 7.90. The summed E-state index contributed by atoms with van der Waals surface area (Å²) in [5.74, 6) is -0.0552. The molecule has 10 heteroatoms. The van der Waals surface area contributed by atoms with Crippen LogP contribution in [0.4, 0.5) is 0 Å². The second-order valence-corrected chi connectivity index (χ2v) is 9.93. The first-order chi connectivity index (χ1) is 15.7. The Balaban J connectivity index is 1.65. The number of methoxy groups -OCH3 is 2. The second kappa shape index (κ2) is 8.43. The fourth-order valence-electron chi connectivity index (χ4n) is 3.78. The van der Waals surface area contributed by atoms with Gasteiger partial charge in [-0.05, 0) is 24.3 Å². The smallest absolute Gasteiger partial charge is 0.271 e. The van der Waals surface area contributed by atoms with Crippen molar-refractivity contribution >= 4 is 15.9 Å². The molecule has 1 aliphatic heterocycles. The average Bonchev–Trinajstić information content (AvgIpc) is 3.40. The molecule has 3 aromatic rings. The summed E-state index contributed by atoms with van der Waals surface area (Å²) in [6, 6.07) is 9.90. The molecule has 0 atom stereocenters. The standard InChI is InChI=1S/C23H25N3O6S/c1-23(2)14-32-20-17(23)8-9-18(30-3)21(20)33(28,29)25-22(27)15-6-7-16(19(12-15)31-4)13-26-11-5-10-24-26/h5-12H,13-14H2,1-4H3,(H,25,27). The molecule has 0 saturated carbocycles. The Bertz CT molecular complexity index is 1300. The lowest BCUT2D eigenvalue weighted by Gasteiger charge is -2.17. The van der Waals surface area contributed by atoms with Gasteiger partial charge >= 0.3 is 0 Å². The average molecular weight is 472 g/mol. The first-order valence-corrected chi connectivity index (χ1v) is 11.7. The van der Waals surface area contributed by atoms with Crippen LogP contribution in [-0.2, 0) is 22.0 Å². The molecule has 0 unspecified atom stereocenters. The minimum atomic E-state index is -4.30. The van der Waals surface area contributed by atoms with Crippen molar-refractivity contribution in [2.45, 2.75) is 30.7 Å². The molecule has 2 aromatic carbocycles. The zero-order chi connectivity index (χ0) is 23.8. The maximum absolute atomic E-state index is 13.3. The van der Waals surface area contributed by atoms with Crippen molar-refractivity contribution in [1.29, 1.82) is 0 Å². The second-order valence-electron chi connectivity index (χ2n) is 8.31. The van der Waals surface area contributed by atoms with Crippen LogP contribution in [0.3, 0.4) is 0 Å². The number of hydrogen-bond acceptors (Lipinski definition) is 7. The molecule has 0 fully saturated rings. The number of carbonyl (C=O) groups excluding carboxylic acids is 1. The predicted octanol–water partition coefficient (Wildman–Crippen LogP) is 2.74. The van der Waals surface area contributed by atoms with E-state index in [9.17, 15) is 13.2 Å². The lowest BCUT2D eigenvalue weighted by Crippen LogP contribution is -2.31. The van der Waals surface area contributed by atoms with E-state index in [0.29, 0.717) is 18.9 Å². The van der Waals surface area contributed by atoms with Crippen molar-refractivity contribution in [1.82, 2.24) is 14.5 Å². The first-order valence-electron chi connectivity index (χ1n) is 10.2. The molecule has 1 aromatic heterocycles. The maximum Gasteiger partial charge on any atom is 0.271 e. The highest BCUT2D eigenvalue weighted by Gasteiger charge is 2.39. The van der Waals surface area contributed by atoms with Gasteiger partial charge in [-0.15, -0.1) is 0 Å². The van der Waals surface area contributed by atoms with Gasteiger partial charge in [0.2, 0.25) is 0 Å². The molecule has 0 saturated heterocycles. The third-order valence-electron chi connectivity index (χ3n) is 5.54. The van der Waals surface area contributed by atoms with Crippen LogP contribution in [0.1, 0.15) is 35.3 Å². The Morgan fingerprint density at radius 1 is 1.18 bits per heavy atom. The number of hydrogen-bond donors (Lipinski definition) is 1. The number of rotatable bonds is 7. The van der Waals surface area contributed by atoms with Gasteiger partial charge in [0.15, 0.2) is 4.90 Å². The summed E-state index contributed by atoms with van der Waals surface area (Å²) in [5, 5.41) is 4.16. The maximum atomic E-state index is 13.3. The summed E-state index contributed by atoms with van der Waals surface area (Å²) in [6.07, 6.45) is 3.47. The number of nitrogens with one attached hydrogen (secondary N) is 1. The highest BCUT2D eigenvalue weighted by Crippen LogP contribution is 2.46. The van der Waals surface area contributed by atoms with Crippen LogP contribution in [0.25, 0.3) is 0 Å². The van der Waals surface area contributed by atoms with Crippen molar-refractivity contribution in [3.05, 3.63) is 65.5 Å².